The van der Waals surface area contributed by atoms with Gasteiger partial charge in [-0.05, 0) is 31.9 Å². The van der Waals surface area contributed by atoms with Gasteiger partial charge >= 0.3 is 0 Å². The van der Waals surface area contributed by atoms with Crippen LogP contribution < -0.4 is 11.1 Å². The van der Waals surface area contributed by atoms with Crippen LogP contribution >= 0.6 is 0 Å². The van der Waals surface area contributed by atoms with Crippen molar-refractivity contribution in [1.82, 2.24) is 19.5 Å². The molecule has 1 fully saturated rings. The van der Waals surface area contributed by atoms with Crippen LogP contribution in [0.15, 0.2) is 24.5 Å². The van der Waals surface area contributed by atoms with Crippen molar-refractivity contribution < 1.29 is 4.39 Å². The zero-order valence-electron chi connectivity index (χ0n) is 13.6. The van der Waals surface area contributed by atoms with E-state index in [1.165, 1.54) is 18.5 Å². The minimum Gasteiger partial charge on any atom is -0.382 e. The molecule has 0 spiro atoms. The second-order valence-electron chi connectivity index (χ2n) is 6.16. The summed E-state index contributed by atoms with van der Waals surface area (Å²) >= 11 is 0. The fraction of sp³-hybridized carbons (Fsp3) is 0.294. The minimum absolute atomic E-state index is 0.130. The fourth-order valence-corrected chi connectivity index (χ4v) is 3.00. The molecule has 1 aliphatic carbocycles. The summed E-state index contributed by atoms with van der Waals surface area (Å²) in [6.07, 6.45) is 3.46. The molecule has 1 saturated carbocycles. The van der Waals surface area contributed by atoms with E-state index < -0.39 is 0 Å². The van der Waals surface area contributed by atoms with Crippen molar-refractivity contribution in [2.75, 3.05) is 11.1 Å². The topological polar surface area (TPSA) is 105 Å². The first-order chi connectivity index (χ1) is 12.1. The Morgan fingerprint density at radius 3 is 2.92 bits per heavy atom. The molecule has 0 bridgehead atoms. The van der Waals surface area contributed by atoms with Crippen LogP contribution in [0.1, 0.15) is 43.2 Å². The third-order valence-electron chi connectivity index (χ3n) is 4.32. The summed E-state index contributed by atoms with van der Waals surface area (Å²) in [4.78, 5) is 12.6. The number of nitrogen functional groups attached to an aromatic ring is 1. The Balaban J connectivity index is 1.76. The number of imidazole rings is 1. The number of nitriles is 1. The Labute approximate surface area is 143 Å². The monoisotopic (exact) mass is 337 g/mol. The first-order valence-corrected chi connectivity index (χ1v) is 8.03. The predicted molar refractivity (Wildman–Crippen MR) is 91.2 cm³/mol. The van der Waals surface area contributed by atoms with E-state index in [1.54, 1.807) is 6.07 Å². The Bertz CT molecular complexity index is 1000. The molecule has 2 aromatic heterocycles. The maximum atomic E-state index is 13.6. The Hall–Kier alpha value is -3.21. The number of nitrogens with one attached hydrogen (secondary N) is 1. The number of nitrogens with two attached hydrogens (primary N) is 1. The Kier molecular flexibility index (Phi) is 3.50. The van der Waals surface area contributed by atoms with Crippen LogP contribution in [-0.4, -0.2) is 19.5 Å². The lowest BCUT2D eigenvalue weighted by Gasteiger charge is -2.17. The fourth-order valence-electron chi connectivity index (χ4n) is 3.00. The number of hydrogen-bond acceptors (Lipinski definition) is 6. The average molecular weight is 337 g/mol. The molecular weight excluding hydrogens is 321 g/mol. The van der Waals surface area contributed by atoms with Gasteiger partial charge in [-0.15, -0.1) is 0 Å². The maximum absolute atomic E-state index is 13.6. The van der Waals surface area contributed by atoms with E-state index in [4.69, 9.17) is 5.73 Å². The molecule has 8 heteroatoms. The summed E-state index contributed by atoms with van der Waals surface area (Å²) in [5.41, 5.74) is 7.48. The van der Waals surface area contributed by atoms with Crippen LogP contribution in [0.5, 0.6) is 0 Å². The molecule has 1 aliphatic rings. The normalized spacial score (nSPS) is 15.1. The van der Waals surface area contributed by atoms with Crippen LogP contribution in [0, 0.1) is 17.1 Å². The highest BCUT2D eigenvalue weighted by Crippen LogP contribution is 2.40. The first-order valence-electron chi connectivity index (χ1n) is 8.03. The number of aromatic nitrogens is 4. The lowest BCUT2D eigenvalue weighted by Crippen LogP contribution is -2.15. The molecule has 0 amide bonds. The van der Waals surface area contributed by atoms with Gasteiger partial charge in [0.15, 0.2) is 0 Å². The van der Waals surface area contributed by atoms with Gasteiger partial charge < -0.3 is 15.6 Å². The summed E-state index contributed by atoms with van der Waals surface area (Å²) in [6.45, 7) is 1.93. The van der Waals surface area contributed by atoms with Gasteiger partial charge in [0, 0.05) is 12.1 Å². The van der Waals surface area contributed by atoms with Crippen molar-refractivity contribution in [3.8, 4) is 6.07 Å². The van der Waals surface area contributed by atoms with Crippen LogP contribution in [0.2, 0.25) is 0 Å². The van der Waals surface area contributed by atoms with Crippen molar-refractivity contribution in [3.05, 3.63) is 41.7 Å². The van der Waals surface area contributed by atoms with Crippen LogP contribution in [-0.2, 0) is 0 Å². The van der Waals surface area contributed by atoms with E-state index in [0.717, 1.165) is 24.2 Å². The molecule has 3 aromatic rings. The van der Waals surface area contributed by atoms with Crippen LogP contribution in [0.3, 0.4) is 0 Å². The summed E-state index contributed by atoms with van der Waals surface area (Å²) in [6, 6.07) is 6.80. The van der Waals surface area contributed by atoms with E-state index in [2.05, 4.69) is 24.8 Å². The summed E-state index contributed by atoms with van der Waals surface area (Å²) < 4.78 is 15.7. The lowest BCUT2D eigenvalue weighted by molar-refractivity contribution is 0.629. The summed E-state index contributed by atoms with van der Waals surface area (Å²) in [5, 5.41) is 12.5. The predicted octanol–water partition coefficient (Wildman–Crippen LogP) is 2.93. The van der Waals surface area contributed by atoms with E-state index in [1.807, 2.05) is 13.0 Å². The molecule has 7 nitrogen and oxygen atoms in total. The number of anilines is 2. The highest BCUT2D eigenvalue weighted by atomic mass is 19.1. The first kappa shape index (κ1) is 15.3. The van der Waals surface area contributed by atoms with Crippen LogP contribution in [0.25, 0.3) is 11.0 Å². The SMILES string of the molecule is CC(Nc1ncnc(N)c1C#N)c1nc2cc(F)ccc2n1C1CC1. The van der Waals surface area contributed by atoms with E-state index in [0.29, 0.717) is 17.4 Å². The van der Waals surface area contributed by atoms with Gasteiger partial charge in [-0.25, -0.2) is 19.3 Å². The number of nitrogens with zero attached hydrogens (tertiary/aromatic N) is 5. The molecule has 1 unspecified atom stereocenters. The Morgan fingerprint density at radius 1 is 1.40 bits per heavy atom. The van der Waals surface area contributed by atoms with Crippen molar-refractivity contribution in [3.63, 3.8) is 0 Å². The molecule has 25 heavy (non-hydrogen) atoms. The van der Waals surface area contributed by atoms with Gasteiger partial charge in [-0.1, -0.05) is 0 Å². The summed E-state index contributed by atoms with van der Waals surface area (Å²) in [7, 11) is 0. The van der Waals surface area contributed by atoms with E-state index in [9.17, 15) is 9.65 Å². The molecule has 126 valence electrons. The number of benzene rings is 1. The smallest absolute Gasteiger partial charge is 0.150 e. The van der Waals surface area contributed by atoms with Gasteiger partial charge in [-0.2, -0.15) is 5.26 Å². The number of fused-ring (bicyclic) bond motifs is 1. The zero-order valence-corrected chi connectivity index (χ0v) is 13.6. The van der Waals surface area contributed by atoms with Crippen molar-refractivity contribution >= 4 is 22.7 Å². The van der Waals surface area contributed by atoms with Gasteiger partial charge in [0.1, 0.15) is 41.2 Å². The maximum Gasteiger partial charge on any atom is 0.150 e. The molecule has 1 aromatic carbocycles. The third-order valence-corrected chi connectivity index (χ3v) is 4.32. The molecule has 1 atom stereocenters. The van der Waals surface area contributed by atoms with Crippen LogP contribution in [0.4, 0.5) is 16.0 Å². The quantitative estimate of drug-likeness (QED) is 0.758. The Morgan fingerprint density at radius 2 is 2.20 bits per heavy atom. The largest absolute Gasteiger partial charge is 0.382 e. The molecule has 4 rings (SSSR count). The zero-order chi connectivity index (χ0) is 17.6. The third kappa shape index (κ3) is 2.63. The van der Waals surface area contributed by atoms with Crippen molar-refractivity contribution in [1.29, 1.82) is 5.26 Å². The molecule has 2 heterocycles. The average Bonchev–Trinajstić information content (AvgIpc) is 3.35. The number of halogens is 1. The molecule has 0 saturated heterocycles. The van der Waals surface area contributed by atoms with Crippen molar-refractivity contribution in [2.45, 2.75) is 31.8 Å². The van der Waals surface area contributed by atoms with Crippen molar-refractivity contribution in [2.24, 2.45) is 0 Å². The molecule has 0 aliphatic heterocycles. The second-order valence-corrected chi connectivity index (χ2v) is 6.16. The summed E-state index contributed by atoms with van der Waals surface area (Å²) in [5.74, 6) is 0.965. The lowest BCUT2D eigenvalue weighted by atomic mass is 10.2. The minimum atomic E-state index is -0.310. The van der Waals surface area contributed by atoms with Gasteiger partial charge in [-0.3, -0.25) is 0 Å². The second kappa shape index (κ2) is 5.70. The van der Waals surface area contributed by atoms with E-state index >= 15 is 0 Å². The van der Waals surface area contributed by atoms with Gasteiger partial charge in [0.05, 0.1) is 17.1 Å². The molecule has 3 N–H and O–H groups in total. The van der Waals surface area contributed by atoms with Gasteiger partial charge in [0.25, 0.3) is 0 Å². The highest BCUT2D eigenvalue weighted by Gasteiger charge is 2.30. The number of hydrogen-bond donors (Lipinski definition) is 2. The number of rotatable bonds is 4. The molecular formula is C17H16FN7. The van der Waals surface area contributed by atoms with E-state index in [-0.39, 0.29) is 23.2 Å². The molecule has 0 radical (unpaired) electrons. The standard InChI is InChI=1S/C17H16FN7/c1-9(23-16-12(7-19)15(20)21-8-22-16)17-24-13-6-10(18)2-5-14(13)25(17)11-3-4-11/h2,5-6,8-9,11H,3-4H2,1H3,(H3,20,21,22,23). The van der Waals surface area contributed by atoms with Gasteiger partial charge in [0.2, 0.25) is 0 Å². The highest BCUT2D eigenvalue weighted by molar-refractivity contribution is 5.77.